The average molecular weight is 462 g/mol. The van der Waals surface area contributed by atoms with E-state index in [-0.39, 0.29) is 18.2 Å². The molecule has 2 aromatic rings. The SMILES string of the molecule is CCN1C(=O)CC(C(=O)Nc2ccc(Br)cc2)SC1=Nc1ccccc1OC. The zero-order chi connectivity index (χ0) is 20.1. The van der Waals surface area contributed by atoms with Gasteiger partial charge in [0, 0.05) is 23.1 Å². The number of methoxy groups -OCH3 is 1. The van der Waals surface area contributed by atoms with E-state index in [0.29, 0.717) is 28.8 Å². The van der Waals surface area contributed by atoms with Gasteiger partial charge in [-0.15, -0.1) is 0 Å². The van der Waals surface area contributed by atoms with Crippen molar-refractivity contribution >= 4 is 56.0 Å². The van der Waals surface area contributed by atoms with Crippen molar-refractivity contribution in [2.75, 3.05) is 19.0 Å². The molecule has 1 unspecified atom stereocenters. The van der Waals surface area contributed by atoms with Gasteiger partial charge in [-0.2, -0.15) is 0 Å². The number of nitrogens with zero attached hydrogens (tertiary/aromatic N) is 2. The normalized spacial score (nSPS) is 18.2. The standard InChI is InChI=1S/C20H20BrN3O3S/c1-3-24-18(25)12-17(19(26)22-14-10-8-13(21)9-11-14)28-20(24)23-15-6-4-5-7-16(15)27-2/h4-11,17H,3,12H2,1-2H3,(H,22,26). The minimum absolute atomic E-state index is 0.120. The molecule has 1 atom stereocenters. The largest absolute Gasteiger partial charge is 0.494 e. The summed E-state index contributed by atoms with van der Waals surface area (Å²) in [6.45, 7) is 2.37. The topological polar surface area (TPSA) is 71.0 Å². The van der Waals surface area contributed by atoms with Crippen molar-refractivity contribution in [2.45, 2.75) is 18.6 Å². The van der Waals surface area contributed by atoms with E-state index in [1.165, 1.54) is 11.8 Å². The number of rotatable bonds is 5. The van der Waals surface area contributed by atoms with Crippen LogP contribution in [0.1, 0.15) is 13.3 Å². The second-order valence-electron chi connectivity index (χ2n) is 6.01. The van der Waals surface area contributed by atoms with Gasteiger partial charge in [-0.05, 0) is 43.3 Å². The molecule has 0 radical (unpaired) electrons. The van der Waals surface area contributed by atoms with Gasteiger partial charge in [0.05, 0.1) is 7.11 Å². The number of nitrogens with one attached hydrogen (secondary N) is 1. The third-order valence-electron chi connectivity index (χ3n) is 4.16. The van der Waals surface area contributed by atoms with Crippen LogP contribution < -0.4 is 10.1 Å². The van der Waals surface area contributed by atoms with Gasteiger partial charge in [0.25, 0.3) is 0 Å². The third kappa shape index (κ3) is 4.74. The Kier molecular flexibility index (Phi) is 6.74. The molecule has 6 nitrogen and oxygen atoms in total. The van der Waals surface area contributed by atoms with E-state index >= 15 is 0 Å². The van der Waals surface area contributed by atoms with Crippen LogP contribution in [-0.2, 0) is 9.59 Å². The Morgan fingerprint density at radius 1 is 1.29 bits per heavy atom. The number of carbonyl (C=O) groups excluding carboxylic acids is 2. The van der Waals surface area contributed by atoms with Crippen LogP contribution in [-0.4, -0.2) is 40.8 Å². The fraction of sp³-hybridized carbons (Fsp3) is 0.250. The lowest BCUT2D eigenvalue weighted by Gasteiger charge is -2.31. The van der Waals surface area contributed by atoms with Gasteiger partial charge in [-0.25, -0.2) is 4.99 Å². The lowest BCUT2D eigenvalue weighted by atomic mass is 10.2. The van der Waals surface area contributed by atoms with E-state index in [9.17, 15) is 9.59 Å². The van der Waals surface area contributed by atoms with Crippen LogP contribution in [0.15, 0.2) is 58.0 Å². The van der Waals surface area contributed by atoms with Gasteiger partial charge in [-0.3, -0.25) is 14.5 Å². The van der Waals surface area contributed by atoms with Crippen molar-refractivity contribution in [3.63, 3.8) is 0 Å². The molecule has 0 aromatic heterocycles. The molecular weight excluding hydrogens is 442 g/mol. The maximum Gasteiger partial charge on any atom is 0.238 e. The molecule has 1 heterocycles. The number of hydrogen-bond donors (Lipinski definition) is 1. The molecular formula is C20H20BrN3O3S. The minimum Gasteiger partial charge on any atom is -0.494 e. The fourth-order valence-corrected chi connectivity index (χ4v) is 4.15. The van der Waals surface area contributed by atoms with Gasteiger partial charge in [-0.1, -0.05) is 39.8 Å². The molecule has 28 heavy (non-hydrogen) atoms. The molecule has 0 aliphatic carbocycles. The quantitative estimate of drug-likeness (QED) is 0.714. The Labute approximate surface area is 176 Å². The maximum absolute atomic E-state index is 12.7. The Hall–Kier alpha value is -2.32. The molecule has 1 N–H and O–H groups in total. The second-order valence-corrected chi connectivity index (χ2v) is 8.10. The summed E-state index contributed by atoms with van der Waals surface area (Å²) in [6, 6.07) is 14.6. The Balaban J connectivity index is 1.83. The summed E-state index contributed by atoms with van der Waals surface area (Å²) in [5.41, 5.74) is 1.30. The first-order chi connectivity index (χ1) is 13.5. The van der Waals surface area contributed by atoms with Crippen LogP contribution in [0.3, 0.4) is 0 Å². The van der Waals surface area contributed by atoms with Crippen LogP contribution >= 0.6 is 27.7 Å². The lowest BCUT2D eigenvalue weighted by molar-refractivity contribution is -0.129. The van der Waals surface area contributed by atoms with Crippen molar-refractivity contribution in [3.05, 3.63) is 53.0 Å². The highest BCUT2D eigenvalue weighted by Gasteiger charge is 2.35. The summed E-state index contributed by atoms with van der Waals surface area (Å²) in [5, 5.41) is 2.82. The number of amidine groups is 1. The van der Waals surface area contributed by atoms with Crippen LogP contribution in [0.5, 0.6) is 5.75 Å². The molecule has 1 aliphatic rings. The first-order valence-corrected chi connectivity index (χ1v) is 10.4. The Bertz CT molecular complexity index is 902. The Morgan fingerprint density at radius 2 is 2.00 bits per heavy atom. The zero-order valence-electron chi connectivity index (χ0n) is 15.5. The van der Waals surface area contributed by atoms with Crippen molar-refractivity contribution in [1.82, 2.24) is 4.90 Å². The number of aliphatic imine (C=N–C) groups is 1. The summed E-state index contributed by atoms with van der Waals surface area (Å²) < 4.78 is 6.27. The predicted molar refractivity (Wildman–Crippen MR) is 116 cm³/mol. The molecule has 146 valence electrons. The molecule has 0 spiro atoms. The summed E-state index contributed by atoms with van der Waals surface area (Å²) >= 11 is 4.66. The molecule has 0 bridgehead atoms. The van der Waals surface area contributed by atoms with Gasteiger partial charge in [0.1, 0.15) is 16.7 Å². The molecule has 2 aromatic carbocycles. The predicted octanol–water partition coefficient (Wildman–Crippen LogP) is 4.44. The van der Waals surface area contributed by atoms with E-state index in [4.69, 9.17) is 4.74 Å². The van der Waals surface area contributed by atoms with Crippen LogP contribution in [0.25, 0.3) is 0 Å². The molecule has 1 fully saturated rings. The Morgan fingerprint density at radius 3 is 2.68 bits per heavy atom. The van der Waals surface area contributed by atoms with Crippen LogP contribution in [0, 0.1) is 0 Å². The van der Waals surface area contributed by atoms with Gasteiger partial charge < -0.3 is 10.1 Å². The number of para-hydroxylation sites is 2. The first kappa shape index (κ1) is 20.4. The highest BCUT2D eigenvalue weighted by atomic mass is 79.9. The van der Waals surface area contributed by atoms with E-state index in [0.717, 1.165) is 4.47 Å². The maximum atomic E-state index is 12.7. The smallest absolute Gasteiger partial charge is 0.238 e. The van der Waals surface area contributed by atoms with Crippen LogP contribution in [0.2, 0.25) is 0 Å². The summed E-state index contributed by atoms with van der Waals surface area (Å²) in [4.78, 5) is 31.5. The number of hydrogen-bond acceptors (Lipinski definition) is 5. The number of thioether (sulfide) groups is 1. The monoisotopic (exact) mass is 461 g/mol. The van der Waals surface area contributed by atoms with Crippen LogP contribution in [0.4, 0.5) is 11.4 Å². The lowest BCUT2D eigenvalue weighted by Crippen LogP contribution is -2.45. The zero-order valence-corrected chi connectivity index (χ0v) is 17.9. The molecule has 1 saturated heterocycles. The second kappa shape index (κ2) is 9.25. The molecule has 0 saturated carbocycles. The number of ether oxygens (including phenoxy) is 1. The summed E-state index contributed by atoms with van der Waals surface area (Å²) in [7, 11) is 1.57. The molecule has 8 heteroatoms. The van der Waals surface area contributed by atoms with Gasteiger partial charge >= 0.3 is 0 Å². The highest BCUT2D eigenvalue weighted by molar-refractivity contribution is 9.10. The number of anilines is 1. The summed E-state index contributed by atoms with van der Waals surface area (Å²) in [6.07, 6.45) is 0.131. The number of carbonyl (C=O) groups is 2. The molecule has 2 amide bonds. The van der Waals surface area contributed by atoms with Gasteiger partial charge in [0.2, 0.25) is 11.8 Å². The minimum atomic E-state index is -0.549. The number of amides is 2. The fourth-order valence-electron chi connectivity index (χ4n) is 2.73. The van der Waals surface area contributed by atoms with E-state index in [1.54, 1.807) is 24.1 Å². The van der Waals surface area contributed by atoms with E-state index in [1.807, 2.05) is 43.3 Å². The average Bonchev–Trinajstić information content (AvgIpc) is 2.70. The third-order valence-corrected chi connectivity index (χ3v) is 5.88. The number of benzene rings is 2. The van der Waals surface area contributed by atoms with Crippen molar-refractivity contribution in [2.24, 2.45) is 4.99 Å². The van der Waals surface area contributed by atoms with Crippen molar-refractivity contribution in [3.8, 4) is 5.75 Å². The molecule has 1 aliphatic heterocycles. The molecule has 3 rings (SSSR count). The van der Waals surface area contributed by atoms with Gasteiger partial charge in [0.15, 0.2) is 5.17 Å². The first-order valence-electron chi connectivity index (χ1n) is 8.77. The summed E-state index contributed by atoms with van der Waals surface area (Å²) in [5.74, 6) is 0.274. The number of halogens is 1. The highest BCUT2D eigenvalue weighted by Crippen LogP contribution is 2.33. The van der Waals surface area contributed by atoms with E-state index < -0.39 is 5.25 Å². The van der Waals surface area contributed by atoms with E-state index in [2.05, 4.69) is 26.2 Å². The van der Waals surface area contributed by atoms with Crippen molar-refractivity contribution < 1.29 is 14.3 Å². The van der Waals surface area contributed by atoms with Crippen molar-refractivity contribution in [1.29, 1.82) is 0 Å².